The van der Waals surface area contributed by atoms with Crippen LogP contribution in [0.1, 0.15) is 32.7 Å². The van der Waals surface area contributed by atoms with Crippen molar-refractivity contribution in [3.05, 3.63) is 70.8 Å². The van der Waals surface area contributed by atoms with Gasteiger partial charge < -0.3 is 19.8 Å². The van der Waals surface area contributed by atoms with Gasteiger partial charge in [0.1, 0.15) is 5.65 Å². The molecule has 1 aromatic carbocycles. The lowest BCUT2D eigenvalue weighted by atomic mass is 9.98. The van der Waals surface area contributed by atoms with E-state index in [1.165, 1.54) is 0 Å². The van der Waals surface area contributed by atoms with Crippen LogP contribution in [0.5, 0.6) is 0 Å². The average molecular weight is 460 g/mol. The summed E-state index contributed by atoms with van der Waals surface area (Å²) < 4.78 is 7.32. The number of nitrogens with two attached hydrogens (primary N) is 1. The highest BCUT2D eigenvalue weighted by molar-refractivity contribution is 5.91. The Balaban J connectivity index is 1.65. The van der Waals surface area contributed by atoms with Crippen LogP contribution in [0.15, 0.2) is 53.0 Å². The Morgan fingerprint density at radius 1 is 1.29 bits per heavy atom. The molecule has 0 saturated carbocycles. The Hall–Kier alpha value is -3.98. The number of aryl methyl sites for hydroxylation is 1. The molecule has 9 nitrogen and oxygen atoms in total. The van der Waals surface area contributed by atoms with E-state index in [0.717, 1.165) is 53.1 Å². The molecule has 4 rings (SSSR count). The average Bonchev–Trinajstić information content (AvgIpc) is 3.26. The minimum absolute atomic E-state index is 0.377. The van der Waals surface area contributed by atoms with Crippen molar-refractivity contribution < 1.29 is 9.53 Å². The SMILES string of the molecule is C=NN(/C=C(\N)c1cc(N2CCOCC2)cc(C)c1C=NC)Cc1cn2cc(C=O)ccc2n1. The molecule has 0 unspecified atom stereocenters. The first-order valence-electron chi connectivity index (χ1n) is 11.1. The molecule has 34 heavy (non-hydrogen) atoms. The number of morpholine rings is 1. The fraction of sp³-hybridized carbons (Fsp3) is 0.280. The second-order valence-corrected chi connectivity index (χ2v) is 8.11. The van der Waals surface area contributed by atoms with E-state index in [0.29, 0.717) is 31.0 Å². The molecule has 176 valence electrons. The number of nitrogens with zero attached hydrogens (tertiary/aromatic N) is 6. The van der Waals surface area contributed by atoms with Crippen LogP contribution in [0.3, 0.4) is 0 Å². The number of aliphatic imine (C=N–C) groups is 1. The Bertz CT molecular complexity index is 1260. The standard InChI is InChI=1S/C25H29N7O2/c1-18-10-21(30-6-8-34-9-7-30)11-22(23(18)12-27-2)24(26)16-32(28-3)15-20-14-31-13-19(17-33)4-5-25(31)29-20/h4-5,10-14,16-17H,3,6-9,15,26H2,1-2H3/b24-16-,27-12?. The highest BCUT2D eigenvalue weighted by Gasteiger charge is 2.16. The van der Waals surface area contributed by atoms with Crippen molar-refractivity contribution in [1.29, 1.82) is 0 Å². The number of pyridine rings is 1. The molecule has 9 heteroatoms. The van der Waals surface area contributed by atoms with Crippen LogP contribution < -0.4 is 10.6 Å². The number of imidazole rings is 1. The molecular weight excluding hydrogens is 430 g/mol. The van der Waals surface area contributed by atoms with E-state index in [4.69, 9.17) is 10.5 Å². The van der Waals surface area contributed by atoms with E-state index in [2.05, 4.69) is 45.8 Å². The third kappa shape index (κ3) is 4.99. The van der Waals surface area contributed by atoms with Crippen LogP contribution in [-0.2, 0) is 11.3 Å². The van der Waals surface area contributed by atoms with Gasteiger partial charge in [-0.25, -0.2) is 4.98 Å². The number of fused-ring (bicyclic) bond motifs is 1. The zero-order valence-corrected chi connectivity index (χ0v) is 19.5. The second kappa shape index (κ2) is 10.3. The molecule has 1 fully saturated rings. The molecule has 3 aromatic rings. The van der Waals surface area contributed by atoms with Crippen LogP contribution in [0, 0.1) is 6.92 Å². The number of hydrogen-bond donors (Lipinski definition) is 1. The first kappa shape index (κ1) is 23.2. The molecule has 0 radical (unpaired) electrons. The Morgan fingerprint density at radius 3 is 2.79 bits per heavy atom. The fourth-order valence-corrected chi connectivity index (χ4v) is 4.06. The van der Waals surface area contributed by atoms with E-state index >= 15 is 0 Å². The lowest BCUT2D eigenvalue weighted by molar-refractivity contribution is 0.112. The highest BCUT2D eigenvalue weighted by Crippen LogP contribution is 2.27. The van der Waals surface area contributed by atoms with Gasteiger partial charge in [0.05, 0.1) is 31.1 Å². The number of anilines is 1. The van der Waals surface area contributed by atoms with Crippen LogP contribution >= 0.6 is 0 Å². The largest absolute Gasteiger partial charge is 0.397 e. The number of hydrazone groups is 1. The third-order valence-corrected chi connectivity index (χ3v) is 5.77. The minimum Gasteiger partial charge on any atom is -0.397 e. The number of carbonyl (C=O) groups excluding carboxylic acids is 1. The topological polar surface area (TPSA) is 101 Å². The molecule has 0 bridgehead atoms. The predicted octanol–water partition coefficient (Wildman–Crippen LogP) is 2.72. The molecule has 2 N–H and O–H groups in total. The van der Waals surface area contributed by atoms with E-state index in [-0.39, 0.29) is 0 Å². The maximum absolute atomic E-state index is 11.1. The summed E-state index contributed by atoms with van der Waals surface area (Å²) in [5.41, 5.74) is 13.3. The van der Waals surface area contributed by atoms with Gasteiger partial charge in [-0.15, -0.1) is 0 Å². The van der Waals surface area contributed by atoms with Crippen molar-refractivity contribution in [3.63, 3.8) is 0 Å². The Morgan fingerprint density at radius 2 is 2.09 bits per heavy atom. The van der Waals surface area contributed by atoms with Crippen LogP contribution in [0.25, 0.3) is 11.3 Å². The van der Waals surface area contributed by atoms with Gasteiger partial charge >= 0.3 is 0 Å². The molecule has 1 aliphatic rings. The molecule has 2 aromatic heterocycles. The van der Waals surface area contributed by atoms with Crippen LogP contribution in [0.2, 0.25) is 0 Å². The molecule has 0 amide bonds. The van der Waals surface area contributed by atoms with Crippen molar-refractivity contribution in [2.24, 2.45) is 15.8 Å². The van der Waals surface area contributed by atoms with E-state index in [9.17, 15) is 4.79 Å². The molecule has 0 spiro atoms. The van der Waals surface area contributed by atoms with Crippen molar-refractivity contribution in [2.45, 2.75) is 13.5 Å². The van der Waals surface area contributed by atoms with Gasteiger partial charge in [-0.3, -0.25) is 14.8 Å². The minimum atomic E-state index is 0.377. The summed E-state index contributed by atoms with van der Waals surface area (Å²) in [6.07, 6.45) is 8.00. The highest BCUT2D eigenvalue weighted by atomic mass is 16.5. The number of aromatic nitrogens is 2. The third-order valence-electron chi connectivity index (χ3n) is 5.77. The summed E-state index contributed by atoms with van der Waals surface area (Å²) in [7, 11) is 1.75. The number of aldehydes is 1. The van der Waals surface area contributed by atoms with Crippen molar-refractivity contribution >= 4 is 36.2 Å². The number of ether oxygens (including phenoxy) is 1. The smallest absolute Gasteiger partial charge is 0.151 e. The molecular formula is C25H29N7O2. The first-order chi connectivity index (χ1) is 16.5. The summed E-state index contributed by atoms with van der Waals surface area (Å²) in [6.45, 7) is 9.23. The summed E-state index contributed by atoms with van der Waals surface area (Å²) in [6, 6.07) is 7.79. The zero-order valence-electron chi connectivity index (χ0n) is 19.5. The number of benzene rings is 1. The summed E-state index contributed by atoms with van der Waals surface area (Å²) in [5.74, 6) is 0. The van der Waals surface area contributed by atoms with Gasteiger partial charge in [-0.2, -0.15) is 5.10 Å². The van der Waals surface area contributed by atoms with Crippen molar-refractivity contribution in [3.8, 4) is 0 Å². The monoisotopic (exact) mass is 459 g/mol. The lowest BCUT2D eigenvalue weighted by Gasteiger charge is -2.30. The summed E-state index contributed by atoms with van der Waals surface area (Å²) in [4.78, 5) is 22.2. The van der Waals surface area contributed by atoms with E-state index in [1.807, 2.05) is 16.8 Å². The van der Waals surface area contributed by atoms with Gasteiger partial charge in [0.15, 0.2) is 6.29 Å². The van der Waals surface area contributed by atoms with Gasteiger partial charge in [0, 0.05) is 74.0 Å². The zero-order chi connectivity index (χ0) is 24.1. The van der Waals surface area contributed by atoms with Gasteiger partial charge in [0.25, 0.3) is 0 Å². The van der Waals surface area contributed by atoms with E-state index in [1.54, 1.807) is 36.6 Å². The molecule has 1 aliphatic heterocycles. The van der Waals surface area contributed by atoms with Crippen molar-refractivity contribution in [1.82, 2.24) is 14.4 Å². The fourth-order valence-electron chi connectivity index (χ4n) is 4.06. The Kier molecular flexibility index (Phi) is 7.03. The molecule has 0 atom stereocenters. The second-order valence-electron chi connectivity index (χ2n) is 8.11. The van der Waals surface area contributed by atoms with Gasteiger partial charge in [-0.05, 0) is 36.8 Å². The van der Waals surface area contributed by atoms with Crippen LogP contribution in [0.4, 0.5) is 5.69 Å². The first-order valence-corrected chi connectivity index (χ1v) is 11.1. The Labute approximate surface area is 198 Å². The van der Waals surface area contributed by atoms with Gasteiger partial charge in [0.2, 0.25) is 0 Å². The quantitative estimate of drug-likeness (QED) is 0.316. The van der Waals surface area contributed by atoms with Gasteiger partial charge in [-0.1, -0.05) is 0 Å². The predicted molar refractivity (Wildman–Crippen MR) is 136 cm³/mol. The summed E-state index contributed by atoms with van der Waals surface area (Å²) in [5, 5.41) is 5.78. The molecule has 0 aliphatic carbocycles. The molecule has 1 saturated heterocycles. The number of rotatable bonds is 8. The maximum atomic E-state index is 11.1. The normalized spacial score (nSPS) is 14.6. The number of carbonyl (C=O) groups is 1. The number of hydrogen-bond acceptors (Lipinski definition) is 8. The lowest BCUT2D eigenvalue weighted by Crippen LogP contribution is -2.36. The van der Waals surface area contributed by atoms with Crippen molar-refractivity contribution in [2.75, 3.05) is 38.3 Å². The van der Waals surface area contributed by atoms with E-state index < -0.39 is 0 Å². The van der Waals surface area contributed by atoms with Crippen LogP contribution in [-0.4, -0.2) is 67.0 Å². The maximum Gasteiger partial charge on any atom is 0.151 e. The summed E-state index contributed by atoms with van der Waals surface area (Å²) >= 11 is 0. The molecule has 3 heterocycles.